The van der Waals surface area contributed by atoms with Crippen molar-refractivity contribution in [3.8, 4) is 0 Å². The fraction of sp³-hybridized carbons (Fsp3) is 0.267. The number of amidine groups is 1. The van der Waals surface area contributed by atoms with Gasteiger partial charge in [-0.3, -0.25) is 0 Å². The minimum absolute atomic E-state index is 0.290. The highest BCUT2D eigenvalue weighted by atomic mass is 32.1. The summed E-state index contributed by atoms with van der Waals surface area (Å²) in [5, 5.41) is 4.64. The molecular weight excluding hydrogens is 272 g/mol. The average Bonchev–Trinajstić information content (AvgIpc) is 2.47. The molecule has 0 aromatic heterocycles. The van der Waals surface area contributed by atoms with Gasteiger partial charge in [-0.15, -0.1) is 0 Å². The van der Waals surface area contributed by atoms with E-state index in [2.05, 4.69) is 10.3 Å². The first-order valence-electron chi connectivity index (χ1n) is 6.40. The summed E-state index contributed by atoms with van der Waals surface area (Å²) in [6, 6.07) is 9.41. The van der Waals surface area contributed by atoms with E-state index in [1.165, 1.54) is 5.37 Å². The summed E-state index contributed by atoms with van der Waals surface area (Å²) in [5.74, 6) is 0.234. The Labute approximate surface area is 123 Å². The molecule has 0 saturated carbocycles. The smallest absolute Gasteiger partial charge is 0.338 e. The normalized spacial score (nSPS) is 18.1. The molecule has 0 saturated heterocycles. The Balaban J connectivity index is 2.46. The van der Waals surface area contributed by atoms with Crippen LogP contribution < -0.4 is 5.32 Å². The van der Waals surface area contributed by atoms with E-state index in [9.17, 15) is 4.79 Å². The number of benzene rings is 1. The van der Waals surface area contributed by atoms with Crippen LogP contribution in [0.1, 0.15) is 25.5 Å². The topological polar surface area (TPSA) is 50.7 Å². The van der Waals surface area contributed by atoms with Crippen molar-refractivity contribution >= 4 is 29.4 Å². The third kappa shape index (κ3) is 2.93. The lowest BCUT2D eigenvalue weighted by Crippen LogP contribution is -2.36. The zero-order valence-corrected chi connectivity index (χ0v) is 12.2. The van der Waals surface area contributed by atoms with Crippen molar-refractivity contribution in [2.75, 3.05) is 6.61 Å². The molecule has 4 nitrogen and oxygen atoms in total. The molecule has 1 aliphatic heterocycles. The zero-order chi connectivity index (χ0) is 14.5. The molecule has 0 bridgehead atoms. The standard InChI is InChI=1S/C15H16N2O2S/c1-3-19-15(18)13-10(2)16-12(9-20)17-14(13)11-7-5-4-6-8-11/h4-9,14H,3H2,1-2H3,(H,16,17). The molecule has 0 radical (unpaired) electrons. The van der Waals surface area contributed by atoms with Gasteiger partial charge in [0.2, 0.25) is 0 Å². The lowest BCUT2D eigenvalue weighted by atomic mass is 9.96. The molecule has 20 heavy (non-hydrogen) atoms. The van der Waals surface area contributed by atoms with E-state index < -0.39 is 0 Å². The number of rotatable bonds is 4. The molecule has 0 fully saturated rings. The number of nitrogens with one attached hydrogen (secondary N) is 1. The third-order valence-corrected chi connectivity index (χ3v) is 3.22. The quantitative estimate of drug-likeness (QED) is 0.683. The largest absolute Gasteiger partial charge is 0.463 e. The van der Waals surface area contributed by atoms with Crippen LogP contribution in [0.4, 0.5) is 0 Å². The van der Waals surface area contributed by atoms with E-state index >= 15 is 0 Å². The van der Waals surface area contributed by atoms with Crippen molar-refractivity contribution in [1.82, 2.24) is 5.32 Å². The number of carbonyl (C=O) groups is 1. The van der Waals surface area contributed by atoms with Gasteiger partial charge in [0.15, 0.2) is 0 Å². The molecule has 1 aromatic carbocycles. The van der Waals surface area contributed by atoms with Crippen LogP contribution in [0.2, 0.25) is 0 Å². The van der Waals surface area contributed by atoms with Gasteiger partial charge in [-0.25, -0.2) is 9.79 Å². The SMILES string of the molecule is CCOC(=O)C1=C(C)N=C(C=S)NC1c1ccccc1. The summed E-state index contributed by atoms with van der Waals surface area (Å²) < 4.78 is 5.13. The number of nitrogens with zero attached hydrogens (tertiary/aromatic N) is 1. The van der Waals surface area contributed by atoms with E-state index in [1.54, 1.807) is 13.8 Å². The number of allylic oxidation sites excluding steroid dienone is 1. The Morgan fingerprint density at radius 3 is 2.75 bits per heavy atom. The van der Waals surface area contributed by atoms with Gasteiger partial charge in [0.25, 0.3) is 0 Å². The van der Waals surface area contributed by atoms with Crippen LogP contribution in [0.3, 0.4) is 0 Å². The van der Waals surface area contributed by atoms with Gasteiger partial charge in [-0.1, -0.05) is 42.5 Å². The summed E-state index contributed by atoms with van der Waals surface area (Å²) >= 11 is 4.93. The number of esters is 1. The van der Waals surface area contributed by atoms with Gasteiger partial charge < -0.3 is 10.1 Å². The van der Waals surface area contributed by atoms with Gasteiger partial charge >= 0.3 is 5.97 Å². The van der Waals surface area contributed by atoms with Crippen molar-refractivity contribution in [3.05, 3.63) is 47.2 Å². The minimum Gasteiger partial charge on any atom is -0.463 e. The molecule has 0 spiro atoms. The van der Waals surface area contributed by atoms with Crippen LogP contribution in [-0.4, -0.2) is 23.8 Å². The summed E-state index contributed by atoms with van der Waals surface area (Å²) in [6.07, 6.45) is 0. The molecule has 104 valence electrons. The molecule has 0 aliphatic carbocycles. The van der Waals surface area contributed by atoms with E-state index in [0.29, 0.717) is 23.7 Å². The second kappa shape index (κ2) is 6.43. The van der Waals surface area contributed by atoms with Crippen LogP contribution in [0, 0.1) is 0 Å². The van der Waals surface area contributed by atoms with Crippen LogP contribution in [-0.2, 0) is 9.53 Å². The molecule has 1 aliphatic rings. The summed E-state index contributed by atoms with van der Waals surface area (Å²) in [6.45, 7) is 3.91. The number of aliphatic imine (C=N–C) groups is 1. The maximum atomic E-state index is 12.2. The molecule has 1 atom stereocenters. The number of hydrogen-bond donors (Lipinski definition) is 1. The molecule has 1 unspecified atom stereocenters. The van der Waals surface area contributed by atoms with Gasteiger partial charge in [-0.2, -0.15) is 0 Å². The Kier molecular flexibility index (Phi) is 4.63. The second-order valence-electron chi connectivity index (χ2n) is 4.32. The van der Waals surface area contributed by atoms with Crippen LogP contribution >= 0.6 is 12.2 Å². The van der Waals surface area contributed by atoms with Crippen molar-refractivity contribution in [1.29, 1.82) is 0 Å². The van der Waals surface area contributed by atoms with E-state index in [1.807, 2.05) is 30.3 Å². The van der Waals surface area contributed by atoms with Gasteiger partial charge in [0, 0.05) is 5.37 Å². The lowest BCUT2D eigenvalue weighted by Gasteiger charge is -2.26. The monoisotopic (exact) mass is 288 g/mol. The molecular formula is C15H16N2O2S. The Morgan fingerprint density at radius 1 is 1.45 bits per heavy atom. The minimum atomic E-state index is -0.349. The maximum Gasteiger partial charge on any atom is 0.338 e. The fourth-order valence-electron chi connectivity index (χ4n) is 2.13. The van der Waals surface area contributed by atoms with E-state index in [0.717, 1.165) is 5.56 Å². The highest BCUT2D eigenvalue weighted by Gasteiger charge is 2.29. The van der Waals surface area contributed by atoms with Crippen molar-refractivity contribution in [3.63, 3.8) is 0 Å². The highest BCUT2D eigenvalue weighted by Crippen LogP contribution is 2.28. The maximum absolute atomic E-state index is 12.2. The first-order chi connectivity index (χ1) is 9.67. The molecule has 2 rings (SSSR count). The number of thiocarbonyl (C=S) groups is 1. The predicted molar refractivity (Wildman–Crippen MR) is 82.7 cm³/mol. The summed E-state index contributed by atoms with van der Waals surface area (Å²) in [5.41, 5.74) is 2.13. The van der Waals surface area contributed by atoms with Gasteiger partial charge in [0.05, 0.1) is 23.9 Å². The highest BCUT2D eigenvalue weighted by molar-refractivity contribution is 7.80. The number of ether oxygens (including phenoxy) is 1. The third-order valence-electron chi connectivity index (χ3n) is 3.00. The van der Waals surface area contributed by atoms with Crippen LogP contribution in [0.15, 0.2) is 46.6 Å². The van der Waals surface area contributed by atoms with Crippen LogP contribution in [0.25, 0.3) is 0 Å². The van der Waals surface area contributed by atoms with Gasteiger partial charge in [0.1, 0.15) is 5.84 Å². The average molecular weight is 288 g/mol. The first-order valence-corrected chi connectivity index (χ1v) is 6.87. The van der Waals surface area contributed by atoms with E-state index in [4.69, 9.17) is 17.0 Å². The van der Waals surface area contributed by atoms with Crippen molar-refractivity contribution in [2.24, 2.45) is 4.99 Å². The van der Waals surface area contributed by atoms with Gasteiger partial charge in [-0.05, 0) is 19.4 Å². The Morgan fingerprint density at radius 2 is 2.15 bits per heavy atom. The first kappa shape index (κ1) is 14.4. The molecule has 1 heterocycles. The second-order valence-corrected chi connectivity index (χ2v) is 4.56. The lowest BCUT2D eigenvalue weighted by molar-refractivity contribution is -0.139. The fourth-order valence-corrected chi connectivity index (χ4v) is 2.25. The van der Waals surface area contributed by atoms with Crippen molar-refractivity contribution in [2.45, 2.75) is 19.9 Å². The molecule has 5 heteroatoms. The number of carbonyl (C=O) groups excluding carboxylic acids is 1. The van der Waals surface area contributed by atoms with E-state index in [-0.39, 0.29) is 12.0 Å². The predicted octanol–water partition coefficient (Wildman–Crippen LogP) is 2.57. The summed E-state index contributed by atoms with van der Waals surface area (Å²) in [7, 11) is 0. The summed E-state index contributed by atoms with van der Waals surface area (Å²) in [4.78, 5) is 16.4. The molecule has 1 aromatic rings. The van der Waals surface area contributed by atoms with Crippen molar-refractivity contribution < 1.29 is 9.53 Å². The Bertz CT molecular complexity index is 579. The molecule has 1 N–H and O–H groups in total. The number of hydrogen-bond acceptors (Lipinski definition) is 5. The Hall–Kier alpha value is -2.01. The van der Waals surface area contributed by atoms with Crippen LogP contribution in [0.5, 0.6) is 0 Å². The molecule has 0 amide bonds. The zero-order valence-electron chi connectivity index (χ0n) is 11.4.